The number of carboxylic acids is 1. The molecule has 0 aromatic carbocycles. The van der Waals surface area contributed by atoms with Crippen molar-refractivity contribution in [1.82, 2.24) is 10.1 Å². The van der Waals surface area contributed by atoms with Gasteiger partial charge in [-0.1, -0.05) is 16.5 Å². The maximum absolute atomic E-state index is 10.8. The first-order valence-corrected chi connectivity index (χ1v) is 4.72. The lowest BCUT2D eigenvalue weighted by Gasteiger charge is -1.90. The minimum absolute atomic E-state index is 0.0151. The Morgan fingerprint density at radius 3 is 3.00 bits per heavy atom. The number of aromatic carboxylic acids is 1. The minimum atomic E-state index is -1.08. The third kappa shape index (κ3) is 1.68. The Hall–Kier alpha value is -1.89. The maximum atomic E-state index is 10.8. The molecule has 78 valence electrons. The zero-order chi connectivity index (χ0) is 10.8. The van der Waals surface area contributed by atoms with E-state index in [4.69, 9.17) is 14.4 Å². The molecular formula is C8H6N2O4S. The van der Waals surface area contributed by atoms with E-state index in [9.17, 15) is 4.79 Å². The van der Waals surface area contributed by atoms with Gasteiger partial charge in [0.2, 0.25) is 0 Å². The largest absolute Gasteiger partial charge is 0.477 e. The number of carbonyl (C=O) groups is 1. The summed E-state index contributed by atoms with van der Waals surface area (Å²) in [5.41, 5.74) is 0.0151. The van der Waals surface area contributed by atoms with Crippen LogP contribution >= 0.6 is 11.3 Å². The van der Waals surface area contributed by atoms with Gasteiger partial charge in [0.25, 0.3) is 5.19 Å². The highest BCUT2D eigenvalue weighted by Crippen LogP contribution is 2.32. The lowest BCUT2D eigenvalue weighted by atomic mass is 10.2. The summed E-state index contributed by atoms with van der Waals surface area (Å²) in [6.07, 6.45) is 2.64. The Bertz CT molecular complexity index is 490. The Balaban J connectivity index is 2.44. The molecule has 0 unspecified atom stereocenters. The van der Waals surface area contributed by atoms with E-state index < -0.39 is 5.97 Å². The monoisotopic (exact) mass is 226 g/mol. The van der Waals surface area contributed by atoms with E-state index >= 15 is 0 Å². The van der Waals surface area contributed by atoms with Gasteiger partial charge in [-0.3, -0.25) is 0 Å². The van der Waals surface area contributed by atoms with Crippen molar-refractivity contribution in [3.8, 4) is 15.8 Å². The summed E-state index contributed by atoms with van der Waals surface area (Å²) in [6, 6.07) is 0. The van der Waals surface area contributed by atoms with Crippen LogP contribution in [0.5, 0.6) is 5.19 Å². The highest BCUT2D eigenvalue weighted by Gasteiger charge is 2.19. The van der Waals surface area contributed by atoms with Crippen LogP contribution in [0.15, 0.2) is 16.9 Å². The van der Waals surface area contributed by atoms with Crippen LogP contribution in [-0.2, 0) is 0 Å². The third-order valence-electron chi connectivity index (χ3n) is 1.68. The zero-order valence-corrected chi connectivity index (χ0v) is 8.45. The van der Waals surface area contributed by atoms with E-state index in [-0.39, 0.29) is 11.3 Å². The van der Waals surface area contributed by atoms with Crippen molar-refractivity contribution < 1.29 is 19.2 Å². The quantitative estimate of drug-likeness (QED) is 0.853. The third-order valence-corrected chi connectivity index (χ3v) is 2.64. The number of aromatic nitrogens is 2. The lowest BCUT2D eigenvalue weighted by Crippen LogP contribution is -1.94. The van der Waals surface area contributed by atoms with Crippen LogP contribution in [0.1, 0.15) is 10.4 Å². The highest BCUT2D eigenvalue weighted by molar-refractivity contribution is 7.16. The van der Waals surface area contributed by atoms with Gasteiger partial charge in [-0.25, -0.2) is 9.78 Å². The molecular weight excluding hydrogens is 220 g/mol. The van der Waals surface area contributed by atoms with E-state index in [1.807, 2.05) is 0 Å². The first kappa shape index (κ1) is 9.66. The molecule has 7 heteroatoms. The van der Waals surface area contributed by atoms with Crippen LogP contribution in [0.2, 0.25) is 0 Å². The van der Waals surface area contributed by atoms with E-state index in [1.165, 1.54) is 24.6 Å². The van der Waals surface area contributed by atoms with Gasteiger partial charge in [-0.2, -0.15) is 0 Å². The molecule has 2 heterocycles. The summed E-state index contributed by atoms with van der Waals surface area (Å²) in [7, 11) is 1.49. The molecule has 0 amide bonds. The van der Waals surface area contributed by atoms with E-state index in [0.29, 0.717) is 10.1 Å². The average molecular weight is 226 g/mol. The van der Waals surface area contributed by atoms with Gasteiger partial charge in [0.05, 0.1) is 24.4 Å². The normalized spacial score (nSPS) is 10.2. The van der Waals surface area contributed by atoms with Crippen LogP contribution in [0.4, 0.5) is 0 Å². The van der Waals surface area contributed by atoms with E-state index in [0.717, 1.165) is 6.20 Å². The van der Waals surface area contributed by atoms with Crippen LogP contribution in [0.25, 0.3) is 10.6 Å². The first-order chi connectivity index (χ1) is 7.22. The topological polar surface area (TPSA) is 85.5 Å². The Morgan fingerprint density at radius 2 is 2.40 bits per heavy atom. The molecule has 0 fully saturated rings. The van der Waals surface area contributed by atoms with Crippen LogP contribution in [-0.4, -0.2) is 28.3 Å². The zero-order valence-electron chi connectivity index (χ0n) is 7.63. The number of nitrogens with zero attached hydrogens (tertiary/aromatic N) is 2. The summed E-state index contributed by atoms with van der Waals surface area (Å²) < 4.78 is 9.75. The molecule has 0 bridgehead atoms. The van der Waals surface area contributed by atoms with Crippen LogP contribution in [0.3, 0.4) is 0 Å². The number of carboxylic acid groups (broad SMARTS) is 1. The molecule has 0 atom stereocenters. The van der Waals surface area contributed by atoms with Crippen molar-refractivity contribution in [3.05, 3.63) is 18.0 Å². The summed E-state index contributed by atoms with van der Waals surface area (Å²) in [5.74, 6) is -0.887. The van der Waals surface area contributed by atoms with Gasteiger partial charge in [-0.15, -0.1) is 0 Å². The molecule has 0 aliphatic rings. The average Bonchev–Trinajstić information content (AvgIpc) is 2.85. The van der Waals surface area contributed by atoms with E-state index in [1.54, 1.807) is 0 Å². The fourth-order valence-electron chi connectivity index (χ4n) is 1.03. The standard InChI is InChI=1S/C8H6N2O4S/c1-13-8-9-3-5(15-8)6-4(7(11)12)2-10-14-6/h2-3H,1H3,(H,11,12). The predicted octanol–water partition coefficient (Wildman–Crippen LogP) is 1.50. The van der Waals surface area contributed by atoms with Crippen molar-refractivity contribution in [3.63, 3.8) is 0 Å². The van der Waals surface area contributed by atoms with Crippen molar-refractivity contribution in [2.45, 2.75) is 0 Å². The second kappa shape index (κ2) is 3.70. The molecule has 0 aliphatic carbocycles. The van der Waals surface area contributed by atoms with Gasteiger partial charge in [0.15, 0.2) is 5.76 Å². The predicted molar refractivity (Wildman–Crippen MR) is 51.1 cm³/mol. The van der Waals surface area contributed by atoms with Gasteiger partial charge in [0, 0.05) is 0 Å². The van der Waals surface area contributed by atoms with Gasteiger partial charge in [0.1, 0.15) is 5.56 Å². The molecule has 0 radical (unpaired) electrons. The fourth-order valence-corrected chi connectivity index (χ4v) is 1.75. The number of methoxy groups -OCH3 is 1. The Kier molecular flexibility index (Phi) is 2.38. The number of thiazole rings is 1. The van der Waals surface area contributed by atoms with E-state index in [2.05, 4.69) is 10.1 Å². The molecule has 2 aromatic rings. The molecule has 6 nitrogen and oxygen atoms in total. The Morgan fingerprint density at radius 1 is 1.60 bits per heavy atom. The molecule has 0 spiro atoms. The Labute approximate surface area is 88.1 Å². The molecule has 0 aliphatic heterocycles. The second-order valence-electron chi connectivity index (χ2n) is 2.57. The smallest absolute Gasteiger partial charge is 0.341 e. The molecule has 0 saturated carbocycles. The highest BCUT2D eigenvalue weighted by atomic mass is 32.1. The van der Waals surface area contributed by atoms with Gasteiger partial charge in [-0.05, 0) is 0 Å². The van der Waals surface area contributed by atoms with Gasteiger partial charge < -0.3 is 14.4 Å². The number of hydrogen-bond acceptors (Lipinski definition) is 6. The molecule has 1 N–H and O–H groups in total. The number of hydrogen-bond donors (Lipinski definition) is 1. The summed E-state index contributed by atoms with van der Waals surface area (Å²) in [5, 5.41) is 12.7. The fraction of sp³-hybridized carbons (Fsp3) is 0.125. The molecule has 15 heavy (non-hydrogen) atoms. The van der Waals surface area contributed by atoms with Crippen molar-refractivity contribution >= 4 is 17.3 Å². The van der Waals surface area contributed by atoms with Crippen molar-refractivity contribution in [2.75, 3.05) is 7.11 Å². The van der Waals surface area contributed by atoms with Crippen LogP contribution in [0, 0.1) is 0 Å². The SMILES string of the molecule is COc1ncc(-c2oncc2C(=O)O)s1. The molecule has 2 rings (SSSR count). The lowest BCUT2D eigenvalue weighted by molar-refractivity contribution is 0.0697. The number of rotatable bonds is 3. The van der Waals surface area contributed by atoms with Crippen molar-refractivity contribution in [2.24, 2.45) is 0 Å². The summed E-state index contributed by atoms with van der Waals surface area (Å²) in [6.45, 7) is 0. The number of ether oxygens (including phenoxy) is 1. The molecule has 2 aromatic heterocycles. The van der Waals surface area contributed by atoms with Gasteiger partial charge >= 0.3 is 5.97 Å². The van der Waals surface area contributed by atoms with Crippen LogP contribution < -0.4 is 4.74 Å². The minimum Gasteiger partial charge on any atom is -0.477 e. The maximum Gasteiger partial charge on any atom is 0.341 e. The molecule has 0 saturated heterocycles. The second-order valence-corrected chi connectivity index (χ2v) is 3.56. The summed E-state index contributed by atoms with van der Waals surface area (Å²) in [4.78, 5) is 15.3. The van der Waals surface area contributed by atoms with Crippen molar-refractivity contribution in [1.29, 1.82) is 0 Å². The summed E-state index contributed by atoms with van der Waals surface area (Å²) >= 11 is 1.19. The first-order valence-electron chi connectivity index (χ1n) is 3.90.